The molecule has 0 bridgehead atoms. The third-order valence-corrected chi connectivity index (χ3v) is 5.16. The quantitative estimate of drug-likeness (QED) is 0.287. The molecule has 0 aliphatic heterocycles. The third-order valence-electron chi connectivity index (χ3n) is 4.37. The molecule has 0 aliphatic carbocycles. The van der Waals surface area contributed by atoms with Crippen molar-refractivity contribution in [1.29, 1.82) is 0 Å². The molecule has 32 heavy (non-hydrogen) atoms. The van der Waals surface area contributed by atoms with Crippen molar-refractivity contribution in [2.75, 3.05) is 31.4 Å². The van der Waals surface area contributed by atoms with Gasteiger partial charge in [0.2, 0.25) is 0 Å². The van der Waals surface area contributed by atoms with Gasteiger partial charge in [-0.05, 0) is 48.9 Å². The maximum Gasteiger partial charge on any atom is 0.412 e. The Bertz CT molecular complexity index is 894. The van der Waals surface area contributed by atoms with Gasteiger partial charge in [0, 0.05) is 23.2 Å². The number of anilines is 1. The van der Waals surface area contributed by atoms with Gasteiger partial charge in [0.15, 0.2) is 17.6 Å². The standard InChI is InChI=1S/C22H26BrNO7S/c1-3-29-19(10-11-30-20(26)13-32)21(14-4-9-18(28-2)17(25)12-14)31-22(27)24-16-7-5-15(23)6-8-16/h4-9,12,19,21,25,32H,3,10-11,13H2,1-2H3,(H,24,27)/t19-,21-/m1/s1. The predicted molar refractivity (Wildman–Crippen MR) is 126 cm³/mol. The molecule has 0 heterocycles. The van der Waals surface area contributed by atoms with Crippen molar-refractivity contribution >= 4 is 46.3 Å². The first-order valence-corrected chi connectivity index (χ1v) is 11.3. The highest BCUT2D eigenvalue weighted by atomic mass is 79.9. The molecule has 0 aromatic heterocycles. The van der Waals surface area contributed by atoms with Crippen molar-refractivity contribution in [2.45, 2.75) is 25.6 Å². The van der Waals surface area contributed by atoms with E-state index in [0.717, 1.165) is 4.47 Å². The van der Waals surface area contributed by atoms with Crippen LogP contribution in [0.1, 0.15) is 25.0 Å². The van der Waals surface area contributed by atoms with Crippen molar-refractivity contribution in [3.8, 4) is 11.5 Å². The molecule has 2 atom stereocenters. The minimum Gasteiger partial charge on any atom is -0.504 e. The fourth-order valence-corrected chi connectivity index (χ4v) is 3.26. The Morgan fingerprint density at radius 1 is 1.19 bits per heavy atom. The van der Waals surface area contributed by atoms with E-state index in [9.17, 15) is 14.7 Å². The Morgan fingerprint density at radius 3 is 2.50 bits per heavy atom. The number of phenolic OH excluding ortho intramolecular Hbond substituents is 1. The van der Waals surface area contributed by atoms with E-state index in [1.165, 1.54) is 13.2 Å². The van der Waals surface area contributed by atoms with Crippen molar-refractivity contribution in [3.05, 3.63) is 52.5 Å². The first-order chi connectivity index (χ1) is 15.4. The lowest BCUT2D eigenvalue weighted by atomic mass is 10.0. The Hall–Kier alpha value is -2.43. The first kappa shape index (κ1) is 25.8. The van der Waals surface area contributed by atoms with E-state index in [2.05, 4.69) is 33.9 Å². The van der Waals surface area contributed by atoms with Gasteiger partial charge in [0.25, 0.3) is 0 Å². The fourth-order valence-electron chi connectivity index (χ4n) is 2.91. The summed E-state index contributed by atoms with van der Waals surface area (Å²) in [5.41, 5.74) is 1.04. The maximum absolute atomic E-state index is 12.6. The van der Waals surface area contributed by atoms with E-state index in [1.807, 2.05) is 0 Å². The number of hydrogen-bond acceptors (Lipinski definition) is 8. The zero-order chi connectivity index (χ0) is 23.5. The molecule has 0 saturated heterocycles. The molecular weight excluding hydrogens is 502 g/mol. The number of methoxy groups -OCH3 is 1. The lowest BCUT2D eigenvalue weighted by Gasteiger charge is -2.27. The van der Waals surface area contributed by atoms with Crippen LogP contribution in [0.4, 0.5) is 10.5 Å². The highest BCUT2D eigenvalue weighted by molar-refractivity contribution is 9.10. The molecule has 0 spiro atoms. The second-order valence-corrected chi connectivity index (χ2v) is 7.78. The lowest BCUT2D eigenvalue weighted by Crippen LogP contribution is -2.30. The molecule has 174 valence electrons. The lowest BCUT2D eigenvalue weighted by molar-refractivity contribution is -0.142. The highest BCUT2D eigenvalue weighted by Crippen LogP contribution is 2.33. The summed E-state index contributed by atoms with van der Waals surface area (Å²) in [6.07, 6.45) is -1.98. The van der Waals surface area contributed by atoms with E-state index in [1.54, 1.807) is 43.3 Å². The molecule has 0 aliphatic rings. The molecule has 0 fully saturated rings. The van der Waals surface area contributed by atoms with Crippen LogP contribution < -0.4 is 10.1 Å². The molecule has 1 amide bonds. The number of phenols is 1. The number of carbonyl (C=O) groups excluding carboxylic acids is 2. The van der Waals surface area contributed by atoms with Crippen LogP contribution in [0.25, 0.3) is 0 Å². The summed E-state index contributed by atoms with van der Waals surface area (Å²) in [6.45, 7) is 2.19. The van der Waals surface area contributed by atoms with Crippen LogP contribution in [-0.2, 0) is 19.0 Å². The average Bonchev–Trinajstić information content (AvgIpc) is 2.78. The van der Waals surface area contributed by atoms with Gasteiger partial charge >= 0.3 is 12.1 Å². The van der Waals surface area contributed by atoms with E-state index < -0.39 is 24.3 Å². The van der Waals surface area contributed by atoms with Crippen LogP contribution >= 0.6 is 28.6 Å². The van der Waals surface area contributed by atoms with E-state index in [-0.39, 0.29) is 30.3 Å². The smallest absolute Gasteiger partial charge is 0.412 e. The Morgan fingerprint density at radius 2 is 1.91 bits per heavy atom. The number of carbonyl (C=O) groups is 2. The summed E-state index contributed by atoms with van der Waals surface area (Å²) >= 11 is 7.22. The number of esters is 1. The molecule has 8 nitrogen and oxygen atoms in total. The molecule has 0 radical (unpaired) electrons. The van der Waals surface area contributed by atoms with Crippen LogP contribution in [0.3, 0.4) is 0 Å². The normalized spacial score (nSPS) is 12.5. The van der Waals surface area contributed by atoms with Gasteiger partial charge in [0.05, 0.1) is 19.5 Å². The van der Waals surface area contributed by atoms with Crippen molar-refractivity contribution in [3.63, 3.8) is 0 Å². The number of amides is 1. The second kappa shape index (κ2) is 13.2. The van der Waals surface area contributed by atoms with Crippen LogP contribution in [0.2, 0.25) is 0 Å². The van der Waals surface area contributed by atoms with Gasteiger partial charge in [-0.15, -0.1) is 0 Å². The highest BCUT2D eigenvalue weighted by Gasteiger charge is 2.29. The summed E-state index contributed by atoms with van der Waals surface area (Å²) in [6, 6.07) is 11.7. The molecule has 2 aromatic rings. The van der Waals surface area contributed by atoms with Gasteiger partial charge in [-0.1, -0.05) is 22.0 Å². The number of benzene rings is 2. The predicted octanol–water partition coefficient (Wildman–Crippen LogP) is 4.72. The van der Waals surface area contributed by atoms with Crippen LogP contribution in [0, 0.1) is 0 Å². The van der Waals surface area contributed by atoms with Crippen LogP contribution in [0.15, 0.2) is 46.9 Å². The number of aromatic hydroxyl groups is 1. The van der Waals surface area contributed by atoms with Gasteiger partial charge in [0.1, 0.15) is 6.10 Å². The zero-order valence-corrected chi connectivity index (χ0v) is 20.2. The molecule has 10 heteroatoms. The first-order valence-electron chi connectivity index (χ1n) is 9.86. The summed E-state index contributed by atoms with van der Waals surface area (Å²) in [5, 5.41) is 12.9. The Balaban J connectivity index is 2.25. The number of rotatable bonds is 11. The number of thiol groups is 1. The average molecular weight is 528 g/mol. The van der Waals surface area contributed by atoms with Gasteiger partial charge < -0.3 is 24.1 Å². The topological polar surface area (TPSA) is 103 Å². The van der Waals surface area contributed by atoms with Crippen molar-refractivity contribution in [1.82, 2.24) is 0 Å². The summed E-state index contributed by atoms with van der Waals surface area (Å²) in [5.74, 6) is -0.330. The molecule has 2 N–H and O–H groups in total. The summed E-state index contributed by atoms with van der Waals surface area (Å²) in [4.78, 5) is 24.1. The number of nitrogens with one attached hydrogen (secondary N) is 1. The van der Waals surface area contributed by atoms with E-state index >= 15 is 0 Å². The maximum atomic E-state index is 12.6. The van der Waals surface area contributed by atoms with Crippen LogP contribution in [0.5, 0.6) is 11.5 Å². The Labute approximate surface area is 200 Å². The largest absolute Gasteiger partial charge is 0.504 e. The number of hydrogen-bond donors (Lipinski definition) is 3. The van der Waals surface area contributed by atoms with Crippen molar-refractivity contribution in [2.24, 2.45) is 0 Å². The molecule has 2 aromatic carbocycles. The van der Waals surface area contributed by atoms with Crippen LogP contribution in [-0.4, -0.2) is 49.3 Å². The Kier molecular flexibility index (Phi) is 10.6. The molecule has 0 unspecified atom stereocenters. The minimum absolute atomic E-state index is 0.0405. The van der Waals surface area contributed by atoms with Gasteiger partial charge in [-0.25, -0.2) is 4.79 Å². The van der Waals surface area contributed by atoms with Gasteiger partial charge in [-0.2, -0.15) is 12.6 Å². The zero-order valence-electron chi connectivity index (χ0n) is 17.7. The monoisotopic (exact) mass is 527 g/mol. The van der Waals surface area contributed by atoms with Gasteiger partial charge in [-0.3, -0.25) is 10.1 Å². The second-order valence-electron chi connectivity index (χ2n) is 6.55. The SMILES string of the molecule is CCO[C@H](CCOC(=O)CS)[C@H](OC(=O)Nc1ccc(Br)cc1)c1ccc(OC)c(O)c1. The van der Waals surface area contributed by atoms with E-state index in [0.29, 0.717) is 17.9 Å². The van der Waals surface area contributed by atoms with E-state index in [4.69, 9.17) is 18.9 Å². The minimum atomic E-state index is -0.892. The number of halogens is 1. The molecule has 0 saturated carbocycles. The third kappa shape index (κ3) is 7.92. The molecular formula is C22H26BrNO7S. The number of ether oxygens (including phenoxy) is 4. The summed E-state index contributed by atoms with van der Waals surface area (Å²) < 4.78 is 22.6. The fraction of sp³-hybridized carbons (Fsp3) is 0.364. The molecule has 2 rings (SSSR count). The summed E-state index contributed by atoms with van der Waals surface area (Å²) in [7, 11) is 1.44. The van der Waals surface area contributed by atoms with Crippen molar-refractivity contribution < 1.29 is 33.6 Å².